The van der Waals surface area contributed by atoms with Gasteiger partial charge in [0.15, 0.2) is 0 Å². The lowest BCUT2D eigenvalue weighted by molar-refractivity contribution is 0.597. The van der Waals surface area contributed by atoms with E-state index in [9.17, 15) is 0 Å². The Balaban J connectivity index is 1.97. The highest BCUT2D eigenvalue weighted by atomic mass is 15.2. The van der Waals surface area contributed by atoms with Crippen LogP contribution in [-0.4, -0.2) is 31.2 Å². The second kappa shape index (κ2) is 4.62. The van der Waals surface area contributed by atoms with Crippen LogP contribution in [0.5, 0.6) is 0 Å². The SMILES string of the molecule is Cc1ccnc(N(C)CC2CCCN2)c1. The van der Waals surface area contributed by atoms with Crippen molar-refractivity contribution < 1.29 is 0 Å². The molecule has 1 aromatic heterocycles. The van der Waals surface area contributed by atoms with Crippen molar-refractivity contribution in [3.63, 3.8) is 0 Å². The van der Waals surface area contributed by atoms with E-state index in [-0.39, 0.29) is 0 Å². The summed E-state index contributed by atoms with van der Waals surface area (Å²) in [7, 11) is 2.11. The Bertz CT molecular complexity index is 318. The van der Waals surface area contributed by atoms with E-state index < -0.39 is 0 Å². The highest BCUT2D eigenvalue weighted by molar-refractivity contribution is 5.39. The van der Waals surface area contributed by atoms with E-state index in [2.05, 4.69) is 35.2 Å². The minimum atomic E-state index is 0.636. The van der Waals surface area contributed by atoms with Crippen LogP contribution < -0.4 is 10.2 Å². The van der Waals surface area contributed by atoms with E-state index in [0.29, 0.717) is 6.04 Å². The largest absolute Gasteiger partial charge is 0.358 e. The molecule has 0 amide bonds. The third-order valence-corrected chi connectivity index (χ3v) is 2.95. The summed E-state index contributed by atoms with van der Waals surface area (Å²) in [6.07, 6.45) is 4.47. The summed E-state index contributed by atoms with van der Waals surface area (Å²) in [6.45, 7) is 4.32. The first-order chi connectivity index (χ1) is 7.25. The Labute approximate surface area is 91.5 Å². The predicted molar refractivity (Wildman–Crippen MR) is 63.3 cm³/mol. The van der Waals surface area contributed by atoms with Crippen molar-refractivity contribution in [2.45, 2.75) is 25.8 Å². The van der Waals surface area contributed by atoms with Gasteiger partial charge in [-0.2, -0.15) is 0 Å². The monoisotopic (exact) mass is 205 g/mol. The molecule has 0 radical (unpaired) electrons. The van der Waals surface area contributed by atoms with Crippen LogP contribution in [-0.2, 0) is 0 Å². The average Bonchev–Trinajstić information content (AvgIpc) is 2.70. The first kappa shape index (κ1) is 10.4. The molecule has 0 aliphatic carbocycles. The topological polar surface area (TPSA) is 28.2 Å². The summed E-state index contributed by atoms with van der Waals surface area (Å²) < 4.78 is 0. The standard InChI is InChI=1S/C12H19N3/c1-10-5-7-14-12(8-10)15(2)9-11-4-3-6-13-11/h5,7-8,11,13H,3-4,6,9H2,1-2H3. The molecule has 1 fully saturated rings. The molecule has 82 valence electrons. The number of hydrogen-bond acceptors (Lipinski definition) is 3. The molecule has 1 N–H and O–H groups in total. The number of anilines is 1. The van der Waals surface area contributed by atoms with Gasteiger partial charge in [-0.15, -0.1) is 0 Å². The van der Waals surface area contributed by atoms with E-state index in [1.807, 2.05) is 12.3 Å². The fraction of sp³-hybridized carbons (Fsp3) is 0.583. The number of aryl methyl sites for hydroxylation is 1. The van der Waals surface area contributed by atoms with Crippen LogP contribution in [0.2, 0.25) is 0 Å². The van der Waals surface area contributed by atoms with Crippen molar-refractivity contribution in [3.8, 4) is 0 Å². The predicted octanol–water partition coefficient (Wildman–Crippen LogP) is 1.58. The zero-order valence-electron chi connectivity index (χ0n) is 9.53. The van der Waals surface area contributed by atoms with Crippen molar-refractivity contribution in [2.24, 2.45) is 0 Å². The van der Waals surface area contributed by atoms with Crippen LogP contribution in [0.1, 0.15) is 18.4 Å². The molecule has 1 aliphatic heterocycles. The van der Waals surface area contributed by atoms with E-state index in [0.717, 1.165) is 12.4 Å². The van der Waals surface area contributed by atoms with Gasteiger partial charge in [0.25, 0.3) is 0 Å². The smallest absolute Gasteiger partial charge is 0.128 e. The Morgan fingerprint density at radius 3 is 3.13 bits per heavy atom. The fourth-order valence-corrected chi connectivity index (χ4v) is 2.07. The molecule has 1 atom stereocenters. The van der Waals surface area contributed by atoms with Crippen LogP contribution in [0, 0.1) is 6.92 Å². The van der Waals surface area contributed by atoms with Crippen molar-refractivity contribution in [3.05, 3.63) is 23.9 Å². The quantitative estimate of drug-likeness (QED) is 0.812. The van der Waals surface area contributed by atoms with Gasteiger partial charge in [0, 0.05) is 25.8 Å². The average molecular weight is 205 g/mol. The number of pyridine rings is 1. The first-order valence-electron chi connectivity index (χ1n) is 5.63. The van der Waals surface area contributed by atoms with Gasteiger partial charge in [-0.3, -0.25) is 0 Å². The molecular formula is C12H19N3. The van der Waals surface area contributed by atoms with Crippen LogP contribution in [0.25, 0.3) is 0 Å². The van der Waals surface area contributed by atoms with Crippen molar-refractivity contribution in [2.75, 3.05) is 25.0 Å². The van der Waals surface area contributed by atoms with Gasteiger partial charge < -0.3 is 10.2 Å². The van der Waals surface area contributed by atoms with Crippen LogP contribution in [0.15, 0.2) is 18.3 Å². The van der Waals surface area contributed by atoms with Gasteiger partial charge in [-0.25, -0.2) is 4.98 Å². The minimum absolute atomic E-state index is 0.636. The lowest BCUT2D eigenvalue weighted by Crippen LogP contribution is -2.35. The molecule has 1 unspecified atom stereocenters. The molecule has 0 saturated carbocycles. The zero-order chi connectivity index (χ0) is 10.7. The lowest BCUT2D eigenvalue weighted by Gasteiger charge is -2.22. The second-order valence-corrected chi connectivity index (χ2v) is 4.37. The fourth-order valence-electron chi connectivity index (χ4n) is 2.07. The van der Waals surface area contributed by atoms with Crippen LogP contribution >= 0.6 is 0 Å². The maximum Gasteiger partial charge on any atom is 0.128 e. The van der Waals surface area contributed by atoms with Crippen molar-refractivity contribution >= 4 is 5.82 Å². The van der Waals surface area contributed by atoms with E-state index in [1.165, 1.54) is 24.9 Å². The summed E-state index contributed by atoms with van der Waals surface area (Å²) in [5.41, 5.74) is 1.27. The third kappa shape index (κ3) is 2.69. The highest BCUT2D eigenvalue weighted by Crippen LogP contribution is 2.13. The van der Waals surface area contributed by atoms with Gasteiger partial charge >= 0.3 is 0 Å². The molecular weight excluding hydrogens is 186 g/mol. The summed E-state index contributed by atoms with van der Waals surface area (Å²) in [6, 6.07) is 4.80. The van der Waals surface area contributed by atoms with Crippen LogP contribution in [0.3, 0.4) is 0 Å². The number of likely N-dealkylation sites (N-methyl/N-ethyl adjacent to an activating group) is 1. The van der Waals surface area contributed by atoms with Gasteiger partial charge in [0.1, 0.15) is 5.82 Å². The maximum atomic E-state index is 4.38. The number of aromatic nitrogens is 1. The Hall–Kier alpha value is -1.09. The Morgan fingerprint density at radius 1 is 1.60 bits per heavy atom. The summed E-state index contributed by atoms with van der Waals surface area (Å²) in [5, 5.41) is 3.50. The van der Waals surface area contributed by atoms with Crippen molar-refractivity contribution in [1.82, 2.24) is 10.3 Å². The molecule has 0 spiro atoms. The molecule has 1 aliphatic rings. The Kier molecular flexibility index (Phi) is 3.21. The van der Waals surface area contributed by atoms with Gasteiger partial charge in [-0.1, -0.05) is 0 Å². The van der Waals surface area contributed by atoms with E-state index in [1.54, 1.807) is 0 Å². The number of hydrogen-bond donors (Lipinski definition) is 1. The Morgan fingerprint density at radius 2 is 2.47 bits per heavy atom. The van der Waals surface area contributed by atoms with Gasteiger partial charge in [0.2, 0.25) is 0 Å². The zero-order valence-corrected chi connectivity index (χ0v) is 9.53. The molecule has 1 saturated heterocycles. The second-order valence-electron chi connectivity index (χ2n) is 4.37. The molecule has 15 heavy (non-hydrogen) atoms. The molecule has 0 aromatic carbocycles. The van der Waals surface area contributed by atoms with Crippen molar-refractivity contribution in [1.29, 1.82) is 0 Å². The molecule has 3 nitrogen and oxygen atoms in total. The normalized spacial score (nSPS) is 20.5. The molecule has 2 heterocycles. The summed E-state index contributed by atoms with van der Waals surface area (Å²) >= 11 is 0. The molecule has 0 bridgehead atoms. The number of nitrogens with zero attached hydrogens (tertiary/aromatic N) is 2. The van der Waals surface area contributed by atoms with Gasteiger partial charge in [0.05, 0.1) is 0 Å². The number of rotatable bonds is 3. The van der Waals surface area contributed by atoms with Crippen LogP contribution in [0.4, 0.5) is 5.82 Å². The molecule has 3 heteroatoms. The molecule has 1 aromatic rings. The lowest BCUT2D eigenvalue weighted by atomic mass is 10.2. The summed E-state index contributed by atoms with van der Waals surface area (Å²) in [4.78, 5) is 6.61. The third-order valence-electron chi connectivity index (χ3n) is 2.95. The van der Waals surface area contributed by atoms with E-state index >= 15 is 0 Å². The van der Waals surface area contributed by atoms with Gasteiger partial charge in [-0.05, 0) is 44.0 Å². The molecule has 2 rings (SSSR count). The summed E-state index contributed by atoms with van der Waals surface area (Å²) in [5.74, 6) is 1.07. The number of nitrogens with one attached hydrogen (secondary N) is 1. The minimum Gasteiger partial charge on any atom is -0.358 e. The first-order valence-corrected chi connectivity index (χ1v) is 5.63. The maximum absolute atomic E-state index is 4.38. The van der Waals surface area contributed by atoms with E-state index in [4.69, 9.17) is 0 Å². The highest BCUT2D eigenvalue weighted by Gasteiger charge is 2.16.